The average molecular weight is 706 g/mol. The Labute approximate surface area is 281 Å². The number of hydrogen-bond acceptors (Lipinski definition) is 16. The Balaban J connectivity index is 1.58. The molecule has 3 rings (SSSR count). The second-order valence-corrected chi connectivity index (χ2v) is 12.0. The molecule has 1 aromatic rings. The van der Waals surface area contributed by atoms with Crippen molar-refractivity contribution in [1.82, 2.24) is 33.7 Å². The molecule has 2 aliphatic heterocycles. The predicted molar refractivity (Wildman–Crippen MR) is 165 cm³/mol. The Hall–Kier alpha value is -3.70. The van der Waals surface area contributed by atoms with Gasteiger partial charge in [0.2, 0.25) is 0 Å². The van der Waals surface area contributed by atoms with Crippen molar-refractivity contribution in [2.45, 2.75) is 52.1 Å². The van der Waals surface area contributed by atoms with E-state index in [4.69, 9.17) is 33.2 Å². The molecule has 21 heteroatoms. The summed E-state index contributed by atoms with van der Waals surface area (Å²) >= 11 is 0. The van der Waals surface area contributed by atoms with Gasteiger partial charge in [-0.2, -0.15) is 0 Å². The van der Waals surface area contributed by atoms with Crippen LogP contribution in [0.4, 0.5) is 4.79 Å². The summed E-state index contributed by atoms with van der Waals surface area (Å²) in [5.74, 6) is -1.50. The number of methoxy groups -OCH3 is 3. The van der Waals surface area contributed by atoms with E-state index in [1.54, 1.807) is 0 Å². The second-order valence-electron chi connectivity index (χ2n) is 12.0. The molecule has 2 unspecified atom stereocenters. The van der Waals surface area contributed by atoms with Gasteiger partial charge < -0.3 is 38.3 Å². The number of fused-ring (bicyclic) bond motifs is 1. The first-order valence-corrected chi connectivity index (χ1v) is 15.4. The second kappa shape index (κ2) is 18.9. The van der Waals surface area contributed by atoms with Crippen LogP contribution >= 0.6 is 0 Å². The van der Waals surface area contributed by atoms with E-state index < -0.39 is 72.5 Å². The van der Waals surface area contributed by atoms with Crippen molar-refractivity contribution in [3.05, 3.63) is 31.5 Å². The number of carbonyl (C=O) groups excluding carboxylic acids is 3. The number of aromatic amines is 1. The number of H-pyrrole nitrogens is 1. The lowest BCUT2D eigenvalue weighted by Crippen LogP contribution is -2.49. The minimum atomic E-state index is -1.03. The molecular formula is C28H47N7O14. The van der Waals surface area contributed by atoms with E-state index in [0.29, 0.717) is 15.8 Å². The summed E-state index contributed by atoms with van der Waals surface area (Å²) in [4.78, 5) is 83.7. The quantitative estimate of drug-likeness (QED) is 0.0711. The third kappa shape index (κ3) is 10.6. The average Bonchev–Trinajstić information content (AvgIpc) is 3.53. The number of amides is 2. The highest BCUT2D eigenvalue weighted by Gasteiger charge is 2.55. The predicted octanol–water partition coefficient (Wildman–Crippen LogP) is -2.69. The lowest BCUT2D eigenvalue weighted by molar-refractivity contribution is -0.161. The Kier molecular flexibility index (Phi) is 15.3. The maximum atomic E-state index is 13.4. The van der Waals surface area contributed by atoms with Gasteiger partial charge in [-0.25, -0.2) is 38.1 Å². The van der Waals surface area contributed by atoms with Crippen molar-refractivity contribution in [3.8, 4) is 0 Å². The summed E-state index contributed by atoms with van der Waals surface area (Å²) in [5.41, 5.74) is -3.53. The lowest BCUT2D eigenvalue weighted by Gasteiger charge is -2.30. The Bertz CT molecular complexity index is 1430. The number of aromatic nitrogens is 3. The summed E-state index contributed by atoms with van der Waals surface area (Å²) in [5, 5.41) is 9.58. The molecule has 3 heterocycles. The van der Waals surface area contributed by atoms with Crippen molar-refractivity contribution < 1.29 is 52.6 Å². The van der Waals surface area contributed by atoms with E-state index >= 15 is 0 Å². The zero-order valence-corrected chi connectivity index (χ0v) is 28.5. The van der Waals surface area contributed by atoms with Gasteiger partial charge in [0.15, 0.2) is 6.79 Å². The van der Waals surface area contributed by atoms with E-state index in [1.165, 1.54) is 31.1 Å². The fraction of sp³-hybridized carbons (Fsp3) is 0.786. The number of esters is 2. The number of ether oxygens (including phenoxy) is 7. The molecule has 2 saturated heterocycles. The minimum absolute atomic E-state index is 0.00124. The van der Waals surface area contributed by atoms with Crippen LogP contribution < -0.4 is 17.1 Å². The molecule has 0 aliphatic carbocycles. The minimum Gasteiger partial charge on any atom is -0.463 e. The van der Waals surface area contributed by atoms with Crippen LogP contribution in [0.3, 0.4) is 0 Å². The molecule has 0 spiro atoms. The summed E-state index contributed by atoms with van der Waals surface area (Å²) in [7, 11) is 4.44. The van der Waals surface area contributed by atoms with Crippen molar-refractivity contribution in [1.29, 1.82) is 0 Å². The van der Waals surface area contributed by atoms with Crippen molar-refractivity contribution >= 4 is 18.0 Å². The van der Waals surface area contributed by atoms with Crippen molar-refractivity contribution in [2.75, 3.05) is 88.1 Å². The molecule has 2 aliphatic rings. The van der Waals surface area contributed by atoms with Gasteiger partial charge in [-0.3, -0.25) is 24.4 Å². The number of nitrogens with zero attached hydrogens (tertiary/aromatic N) is 6. The number of aliphatic hydroxyl groups excluding tert-OH is 1. The summed E-state index contributed by atoms with van der Waals surface area (Å²) in [6.45, 7) is 3.21. The number of rotatable bonds is 22. The molecule has 278 valence electrons. The van der Waals surface area contributed by atoms with Gasteiger partial charge in [-0.15, -0.1) is 0 Å². The van der Waals surface area contributed by atoms with Crippen LogP contribution in [0, 0.1) is 5.41 Å². The molecule has 2 fully saturated rings. The van der Waals surface area contributed by atoms with Crippen LogP contribution in [0.5, 0.6) is 0 Å². The van der Waals surface area contributed by atoms with Crippen LogP contribution in [0.1, 0.15) is 26.7 Å². The van der Waals surface area contributed by atoms with Gasteiger partial charge in [0, 0.05) is 39.8 Å². The Morgan fingerprint density at radius 2 is 1.35 bits per heavy atom. The molecule has 49 heavy (non-hydrogen) atoms. The van der Waals surface area contributed by atoms with Gasteiger partial charge in [0.1, 0.15) is 45.9 Å². The molecule has 21 nitrogen and oxygen atoms in total. The topological polar surface area (TPSA) is 226 Å². The fourth-order valence-electron chi connectivity index (χ4n) is 5.15. The zero-order valence-electron chi connectivity index (χ0n) is 28.5. The highest BCUT2D eigenvalue weighted by molar-refractivity contribution is 5.77. The molecule has 0 bridgehead atoms. The number of hydrogen-bond donors (Lipinski definition) is 2. The molecular weight excluding hydrogens is 658 g/mol. The fourth-order valence-corrected chi connectivity index (χ4v) is 5.15. The van der Waals surface area contributed by atoms with Crippen LogP contribution in [-0.2, 0) is 55.8 Å². The van der Waals surface area contributed by atoms with Gasteiger partial charge in [0.05, 0.1) is 39.3 Å². The number of aliphatic hydroxyl groups is 1. The summed E-state index contributed by atoms with van der Waals surface area (Å²) in [6.07, 6.45) is -1.77. The molecule has 2 atom stereocenters. The first-order valence-electron chi connectivity index (χ1n) is 15.4. The SMILES string of the molecule is COCCOC(=O)CCn1c(=O)[nH]c(=O)n(CCC(=O)OCOCN2C(=O)N(COC)C3C2N(COCC(C)(C)CO)CN3COC)c1=O. The van der Waals surface area contributed by atoms with E-state index in [1.807, 2.05) is 28.6 Å². The van der Waals surface area contributed by atoms with Crippen molar-refractivity contribution in [2.24, 2.45) is 5.41 Å². The first kappa shape index (κ1) is 39.7. The third-order valence-electron chi connectivity index (χ3n) is 7.58. The molecule has 0 radical (unpaired) electrons. The smallest absolute Gasteiger partial charge is 0.336 e. The van der Waals surface area contributed by atoms with E-state index in [-0.39, 0.29) is 66.3 Å². The van der Waals surface area contributed by atoms with Gasteiger partial charge >= 0.3 is 35.0 Å². The highest BCUT2D eigenvalue weighted by atomic mass is 16.7. The van der Waals surface area contributed by atoms with Crippen molar-refractivity contribution in [3.63, 3.8) is 0 Å². The summed E-state index contributed by atoms with van der Waals surface area (Å²) < 4.78 is 38.2. The lowest BCUT2D eigenvalue weighted by atomic mass is 9.97. The number of nitrogens with one attached hydrogen (secondary N) is 1. The van der Waals surface area contributed by atoms with Crippen LogP contribution in [0.25, 0.3) is 0 Å². The van der Waals surface area contributed by atoms with Gasteiger partial charge in [-0.05, 0) is 0 Å². The molecule has 0 saturated carbocycles. The largest absolute Gasteiger partial charge is 0.463 e. The van der Waals surface area contributed by atoms with Crippen LogP contribution in [-0.4, -0.2) is 157 Å². The maximum Gasteiger partial charge on any atom is 0.336 e. The number of carbonyl (C=O) groups is 3. The van der Waals surface area contributed by atoms with E-state index in [2.05, 4.69) is 0 Å². The standard InChI is InChI=1S/C28H47N7O14/c1-28(2,12-36)13-46-16-31-14-30(15-44-4)22-23(31)35(27(42)34(22)17-45-5)18-47-19-49-21(38)7-9-33-25(40)29-24(39)32(26(33)41)8-6-20(37)48-11-10-43-3/h22-23,36H,6-19H2,1-5H3,(H,29,39,40). The molecule has 2 N–H and O–H groups in total. The number of urea groups is 1. The first-order chi connectivity index (χ1) is 23.4. The van der Waals surface area contributed by atoms with Crippen LogP contribution in [0.15, 0.2) is 14.4 Å². The Morgan fingerprint density at radius 1 is 0.776 bits per heavy atom. The monoisotopic (exact) mass is 705 g/mol. The molecule has 1 aromatic heterocycles. The zero-order chi connectivity index (χ0) is 36.1. The van der Waals surface area contributed by atoms with E-state index in [0.717, 1.165) is 0 Å². The van der Waals surface area contributed by atoms with Crippen LogP contribution in [0.2, 0.25) is 0 Å². The van der Waals surface area contributed by atoms with Gasteiger partial charge in [0.25, 0.3) is 0 Å². The Morgan fingerprint density at radius 3 is 1.92 bits per heavy atom. The maximum absolute atomic E-state index is 13.4. The van der Waals surface area contributed by atoms with E-state index in [9.17, 15) is 33.9 Å². The third-order valence-corrected chi connectivity index (χ3v) is 7.58. The highest BCUT2D eigenvalue weighted by Crippen LogP contribution is 2.33. The summed E-state index contributed by atoms with van der Waals surface area (Å²) in [6, 6.07) is -0.401. The van der Waals surface area contributed by atoms with Gasteiger partial charge in [-0.1, -0.05) is 13.8 Å². The molecule has 0 aromatic carbocycles. The normalized spacial score (nSPS) is 18.4. The molecule has 2 amide bonds.